The molecule has 0 radical (unpaired) electrons. The van der Waals surface area contributed by atoms with Crippen LogP contribution in [0.1, 0.15) is 17.1 Å². The van der Waals surface area contributed by atoms with Gasteiger partial charge in [0.25, 0.3) is 0 Å². The summed E-state index contributed by atoms with van der Waals surface area (Å²) in [5, 5.41) is 7.93. The van der Waals surface area contributed by atoms with Gasteiger partial charge in [-0.25, -0.2) is 9.97 Å². The SMILES string of the molecule is Cc1nc(Cl)cc(NCc2cn(C)nc2C)n1. The van der Waals surface area contributed by atoms with Gasteiger partial charge in [0, 0.05) is 31.4 Å². The molecule has 2 aromatic heterocycles. The molecule has 0 spiro atoms. The summed E-state index contributed by atoms with van der Waals surface area (Å²) >= 11 is 5.86. The second kappa shape index (κ2) is 4.71. The van der Waals surface area contributed by atoms with Crippen LogP contribution in [-0.2, 0) is 13.6 Å². The van der Waals surface area contributed by atoms with E-state index in [-0.39, 0.29) is 0 Å². The highest BCUT2D eigenvalue weighted by atomic mass is 35.5. The maximum Gasteiger partial charge on any atom is 0.134 e. The van der Waals surface area contributed by atoms with Crippen LogP contribution in [0.3, 0.4) is 0 Å². The molecule has 0 atom stereocenters. The predicted octanol–water partition coefficient (Wildman–Crippen LogP) is 2.09. The van der Waals surface area contributed by atoms with Crippen molar-refractivity contribution in [2.75, 3.05) is 5.32 Å². The van der Waals surface area contributed by atoms with Gasteiger partial charge >= 0.3 is 0 Å². The second-order valence-electron chi connectivity index (χ2n) is 3.89. The minimum absolute atomic E-state index is 0.447. The van der Waals surface area contributed by atoms with Crippen LogP contribution in [0.15, 0.2) is 12.3 Å². The van der Waals surface area contributed by atoms with Crippen molar-refractivity contribution in [1.82, 2.24) is 19.7 Å². The maximum atomic E-state index is 5.86. The highest BCUT2D eigenvalue weighted by molar-refractivity contribution is 6.29. The van der Waals surface area contributed by atoms with Crippen LogP contribution in [-0.4, -0.2) is 19.7 Å². The summed E-state index contributed by atoms with van der Waals surface area (Å²) in [5.74, 6) is 1.38. The van der Waals surface area contributed by atoms with Gasteiger partial charge in [0.05, 0.1) is 5.69 Å². The summed E-state index contributed by atoms with van der Waals surface area (Å²) in [6.07, 6.45) is 1.98. The van der Waals surface area contributed by atoms with Crippen LogP contribution in [0.2, 0.25) is 5.15 Å². The Hall–Kier alpha value is -1.62. The van der Waals surface area contributed by atoms with Gasteiger partial charge in [-0.3, -0.25) is 4.68 Å². The molecule has 0 bridgehead atoms. The van der Waals surface area contributed by atoms with E-state index in [9.17, 15) is 0 Å². The molecule has 5 nitrogen and oxygen atoms in total. The Morgan fingerprint density at radius 3 is 2.71 bits per heavy atom. The largest absolute Gasteiger partial charge is 0.366 e. The summed E-state index contributed by atoms with van der Waals surface area (Å²) in [6, 6.07) is 1.71. The number of nitrogens with one attached hydrogen (secondary N) is 1. The van der Waals surface area contributed by atoms with Gasteiger partial charge in [0.2, 0.25) is 0 Å². The lowest BCUT2D eigenvalue weighted by Gasteiger charge is -2.05. The fourth-order valence-corrected chi connectivity index (χ4v) is 1.86. The average molecular weight is 252 g/mol. The number of aryl methyl sites for hydroxylation is 3. The molecule has 6 heteroatoms. The lowest BCUT2D eigenvalue weighted by molar-refractivity contribution is 0.756. The lowest BCUT2D eigenvalue weighted by Crippen LogP contribution is -2.03. The third-order valence-electron chi connectivity index (χ3n) is 2.38. The number of aromatic nitrogens is 4. The average Bonchev–Trinajstić information content (AvgIpc) is 2.53. The Morgan fingerprint density at radius 2 is 2.12 bits per heavy atom. The molecular formula is C11H14ClN5. The molecule has 0 fully saturated rings. The van der Waals surface area contributed by atoms with Gasteiger partial charge in [0.1, 0.15) is 16.8 Å². The first-order chi connectivity index (χ1) is 8.04. The quantitative estimate of drug-likeness (QED) is 0.849. The van der Waals surface area contributed by atoms with Crippen LogP contribution < -0.4 is 5.32 Å². The fourth-order valence-electron chi connectivity index (χ4n) is 1.63. The maximum absolute atomic E-state index is 5.86. The zero-order valence-corrected chi connectivity index (χ0v) is 10.8. The van der Waals surface area contributed by atoms with E-state index in [0.717, 1.165) is 17.1 Å². The van der Waals surface area contributed by atoms with Crippen molar-refractivity contribution < 1.29 is 0 Å². The first-order valence-electron chi connectivity index (χ1n) is 5.29. The molecule has 90 valence electrons. The number of anilines is 1. The molecule has 1 N–H and O–H groups in total. The van der Waals surface area contributed by atoms with E-state index in [4.69, 9.17) is 11.6 Å². The Balaban J connectivity index is 2.09. The molecule has 0 aliphatic heterocycles. The van der Waals surface area contributed by atoms with Crippen molar-refractivity contribution in [1.29, 1.82) is 0 Å². The lowest BCUT2D eigenvalue weighted by atomic mass is 10.2. The van der Waals surface area contributed by atoms with E-state index in [2.05, 4.69) is 20.4 Å². The van der Waals surface area contributed by atoms with Crippen LogP contribution in [0, 0.1) is 13.8 Å². The molecule has 0 saturated carbocycles. The van der Waals surface area contributed by atoms with Crippen molar-refractivity contribution in [3.8, 4) is 0 Å². The monoisotopic (exact) mass is 251 g/mol. The van der Waals surface area contributed by atoms with E-state index in [1.54, 1.807) is 10.7 Å². The Kier molecular flexibility index (Phi) is 3.28. The summed E-state index contributed by atoms with van der Waals surface area (Å²) in [7, 11) is 1.90. The number of hydrogen-bond donors (Lipinski definition) is 1. The second-order valence-corrected chi connectivity index (χ2v) is 4.28. The Morgan fingerprint density at radius 1 is 1.35 bits per heavy atom. The van der Waals surface area contributed by atoms with E-state index in [1.807, 2.05) is 27.1 Å². The molecule has 17 heavy (non-hydrogen) atoms. The van der Waals surface area contributed by atoms with E-state index in [0.29, 0.717) is 17.5 Å². The summed E-state index contributed by atoms with van der Waals surface area (Å²) in [4.78, 5) is 8.26. The van der Waals surface area contributed by atoms with Crippen molar-refractivity contribution in [3.63, 3.8) is 0 Å². The van der Waals surface area contributed by atoms with Crippen LogP contribution in [0.25, 0.3) is 0 Å². The molecule has 2 heterocycles. The zero-order valence-electron chi connectivity index (χ0n) is 10.0. The Labute approximate surface area is 105 Å². The van der Waals surface area contributed by atoms with Gasteiger partial charge in [-0.05, 0) is 13.8 Å². The Bertz CT molecular complexity index is 514. The van der Waals surface area contributed by atoms with E-state index in [1.165, 1.54) is 0 Å². The van der Waals surface area contributed by atoms with Gasteiger partial charge in [-0.15, -0.1) is 0 Å². The number of nitrogens with zero attached hydrogens (tertiary/aromatic N) is 4. The number of hydrogen-bond acceptors (Lipinski definition) is 4. The topological polar surface area (TPSA) is 55.6 Å². The third kappa shape index (κ3) is 2.94. The van der Waals surface area contributed by atoms with Crippen LogP contribution in [0.4, 0.5) is 5.82 Å². The summed E-state index contributed by atoms with van der Waals surface area (Å²) < 4.78 is 1.80. The van der Waals surface area contributed by atoms with Gasteiger partial charge < -0.3 is 5.32 Å². The number of rotatable bonds is 3. The summed E-state index contributed by atoms with van der Waals surface area (Å²) in [6.45, 7) is 4.47. The third-order valence-corrected chi connectivity index (χ3v) is 2.58. The van der Waals surface area contributed by atoms with E-state index < -0.39 is 0 Å². The molecule has 0 aliphatic rings. The van der Waals surface area contributed by atoms with Gasteiger partial charge in [-0.2, -0.15) is 5.10 Å². The van der Waals surface area contributed by atoms with Crippen molar-refractivity contribution in [2.24, 2.45) is 7.05 Å². The van der Waals surface area contributed by atoms with Gasteiger partial charge in [0.15, 0.2) is 0 Å². The minimum atomic E-state index is 0.447. The molecular weight excluding hydrogens is 238 g/mol. The molecule has 0 aromatic carbocycles. The normalized spacial score (nSPS) is 10.6. The molecule has 0 aliphatic carbocycles. The molecule has 0 unspecified atom stereocenters. The van der Waals surface area contributed by atoms with Crippen LogP contribution >= 0.6 is 11.6 Å². The first kappa shape index (κ1) is 11.9. The highest BCUT2D eigenvalue weighted by Gasteiger charge is 2.04. The van der Waals surface area contributed by atoms with E-state index >= 15 is 0 Å². The smallest absolute Gasteiger partial charge is 0.134 e. The standard InChI is InChI=1S/C11H14ClN5/c1-7-9(6-17(3)16-7)5-13-11-4-10(12)14-8(2)15-11/h4,6H,5H2,1-3H3,(H,13,14,15). The molecule has 2 aromatic rings. The molecule has 2 rings (SSSR count). The van der Waals surface area contributed by atoms with Gasteiger partial charge in [-0.1, -0.05) is 11.6 Å². The zero-order chi connectivity index (χ0) is 12.4. The fraction of sp³-hybridized carbons (Fsp3) is 0.364. The summed E-state index contributed by atoms with van der Waals surface area (Å²) in [5.41, 5.74) is 2.15. The first-order valence-corrected chi connectivity index (χ1v) is 5.66. The van der Waals surface area contributed by atoms with Crippen molar-refractivity contribution in [3.05, 3.63) is 34.5 Å². The predicted molar refractivity (Wildman–Crippen MR) is 67.1 cm³/mol. The van der Waals surface area contributed by atoms with Crippen LogP contribution in [0.5, 0.6) is 0 Å². The minimum Gasteiger partial charge on any atom is -0.366 e. The number of halogens is 1. The van der Waals surface area contributed by atoms with Crippen molar-refractivity contribution in [2.45, 2.75) is 20.4 Å². The highest BCUT2D eigenvalue weighted by Crippen LogP contribution is 2.13. The molecule has 0 amide bonds. The molecule has 0 saturated heterocycles. The van der Waals surface area contributed by atoms with Crippen molar-refractivity contribution >= 4 is 17.4 Å².